The minimum atomic E-state index is -0.0601. The molecule has 3 atom stereocenters. The van der Waals surface area contributed by atoms with Gasteiger partial charge in [-0.2, -0.15) is 0 Å². The number of likely N-dealkylation sites (tertiary alicyclic amines) is 1. The van der Waals surface area contributed by atoms with Gasteiger partial charge >= 0.3 is 0 Å². The standard InChI is InChI=1S/C64H40N2O2/c1-67-18-19-68-17-16-65-28-64-27-36-25-34-23-31-20-30-21-33-22-32-24-35-26-40(61(64)63(65)29-12-14-39(15-13-29)66(37-8-4-2-5-9-37)38-10-6-3-7-11-38)48-53-44(35)43(32)50-45(33)49-41(30)42(31)51-46(34)52-47(36)62(64)60(48)59-57(52)55(51)54(49)56(50)58(53)59/h2-15,20-23,25,61,63H,16-19,24,26-28H2,1H3. The molecule has 5 aliphatic rings. The van der Waals surface area contributed by atoms with E-state index in [1.54, 1.807) is 132 Å². The predicted octanol–water partition coefficient (Wildman–Crippen LogP) is 13.2. The summed E-state index contributed by atoms with van der Waals surface area (Å²) in [5.74, 6) is 0.322. The maximum atomic E-state index is 6.41. The van der Waals surface area contributed by atoms with Gasteiger partial charge in [0, 0.05) is 54.6 Å². The van der Waals surface area contributed by atoms with Gasteiger partial charge in [0.1, 0.15) is 0 Å². The van der Waals surface area contributed by atoms with Crippen LogP contribution in [0.15, 0.2) is 115 Å². The van der Waals surface area contributed by atoms with Crippen LogP contribution in [0.2, 0.25) is 0 Å². The third kappa shape index (κ3) is 3.32. The zero-order valence-corrected chi connectivity index (χ0v) is 37.5. The quantitative estimate of drug-likeness (QED) is 0.101. The second kappa shape index (κ2) is 10.8. The molecule has 4 heteroatoms. The molecule has 0 N–H and O–H groups in total. The van der Waals surface area contributed by atoms with Crippen LogP contribution in [0.4, 0.5) is 17.1 Å². The maximum Gasteiger partial charge on any atom is 0.0700 e. The Kier molecular flexibility index (Phi) is 5.43. The van der Waals surface area contributed by atoms with Crippen molar-refractivity contribution in [3.05, 3.63) is 148 Å². The average molecular weight is 869 g/mol. The molecule has 20 rings (SSSR count). The number of ether oxygens (including phenoxy) is 2. The van der Waals surface area contributed by atoms with E-state index in [4.69, 9.17) is 9.47 Å². The van der Waals surface area contributed by atoms with Crippen LogP contribution in [-0.2, 0) is 27.7 Å². The van der Waals surface area contributed by atoms with Gasteiger partial charge in [-0.1, -0.05) is 71.8 Å². The number of hydrogen-bond acceptors (Lipinski definition) is 4. The molecule has 0 amide bonds. The Morgan fingerprint density at radius 1 is 0.515 bits per heavy atom. The van der Waals surface area contributed by atoms with E-state index in [0.29, 0.717) is 25.7 Å². The van der Waals surface area contributed by atoms with Crippen molar-refractivity contribution in [2.45, 2.75) is 30.7 Å². The normalized spacial score (nSPS) is 21.1. The molecular formula is C64H40N2O2. The second-order valence-corrected chi connectivity index (χ2v) is 21.9. The lowest BCUT2D eigenvalue weighted by molar-refractivity contribution is 0.0540. The number of benzene rings is 11. The van der Waals surface area contributed by atoms with Gasteiger partial charge < -0.3 is 14.4 Å². The maximum absolute atomic E-state index is 6.41. The Morgan fingerprint density at radius 2 is 1.07 bits per heavy atom. The number of rotatable bonds is 10. The van der Waals surface area contributed by atoms with Gasteiger partial charge in [0.2, 0.25) is 0 Å². The molecular weight excluding hydrogens is 829 g/mol. The average Bonchev–Trinajstić information content (AvgIpc) is 4.24. The van der Waals surface area contributed by atoms with Crippen LogP contribution in [-0.4, -0.2) is 44.9 Å². The van der Waals surface area contributed by atoms with Gasteiger partial charge in [-0.05, 0) is 225 Å². The highest BCUT2D eigenvalue weighted by Crippen LogP contribution is 2.69. The molecule has 0 bridgehead atoms. The molecule has 1 fully saturated rings. The SMILES string of the molecule is COCCOCCN1CC23Cc4cc5cc6cc7cc8cc9c%10c%11c%12c(c%13c2c4c2c5c4c6c7c5c8c%10c6c%12c%13c2c4c56)=C(CC=%11C9)C3C1c1ccc(N(c2ccccc2)c2ccccc2)cc1. The first-order chi connectivity index (χ1) is 33.7. The van der Waals surface area contributed by atoms with E-state index in [9.17, 15) is 0 Å². The molecule has 68 heavy (non-hydrogen) atoms. The summed E-state index contributed by atoms with van der Waals surface area (Å²) in [6.45, 7) is 3.83. The van der Waals surface area contributed by atoms with Crippen LogP contribution < -0.4 is 15.3 Å². The van der Waals surface area contributed by atoms with Crippen LogP contribution >= 0.6 is 0 Å². The fourth-order valence-corrected chi connectivity index (χ4v) is 17.6. The Bertz CT molecular complexity index is 4770. The van der Waals surface area contributed by atoms with E-state index in [2.05, 4.69) is 125 Å². The number of nitrogens with zero attached hydrogens (tertiary/aromatic N) is 2. The van der Waals surface area contributed by atoms with E-state index in [1.165, 1.54) is 54.9 Å². The van der Waals surface area contributed by atoms with E-state index in [1.807, 2.05) is 0 Å². The summed E-state index contributed by atoms with van der Waals surface area (Å²) >= 11 is 0. The molecule has 15 aromatic carbocycles. The molecule has 0 saturated carbocycles. The Balaban J connectivity index is 0.921. The molecule has 1 saturated heterocycles. The first kappa shape index (κ1) is 34.2. The topological polar surface area (TPSA) is 24.9 Å². The lowest BCUT2D eigenvalue weighted by atomic mass is 9.61. The largest absolute Gasteiger partial charge is 0.382 e. The fraction of sp³-hybridized carbons (Fsp3) is 0.188. The smallest absolute Gasteiger partial charge is 0.0700 e. The molecule has 3 unspecified atom stereocenters. The molecule has 0 radical (unpaired) electrons. The van der Waals surface area contributed by atoms with Crippen molar-refractivity contribution in [2.75, 3.05) is 44.9 Å². The molecule has 0 aromatic heterocycles. The number of anilines is 3. The van der Waals surface area contributed by atoms with Crippen molar-refractivity contribution in [3.63, 3.8) is 0 Å². The lowest BCUT2D eigenvalue weighted by Crippen LogP contribution is -2.42. The van der Waals surface area contributed by atoms with Crippen molar-refractivity contribution >= 4 is 147 Å². The third-order valence-electron chi connectivity index (χ3n) is 19.3. The molecule has 318 valence electrons. The van der Waals surface area contributed by atoms with E-state index in [-0.39, 0.29) is 11.5 Å². The molecule has 1 aliphatic heterocycles. The Morgan fingerprint density at radius 3 is 1.75 bits per heavy atom. The van der Waals surface area contributed by atoms with Gasteiger partial charge in [0.25, 0.3) is 0 Å². The third-order valence-corrected chi connectivity index (χ3v) is 19.3. The summed E-state index contributed by atoms with van der Waals surface area (Å²) in [6, 6.07) is 44.8. The van der Waals surface area contributed by atoms with Crippen LogP contribution in [0.25, 0.3) is 130 Å². The van der Waals surface area contributed by atoms with Crippen LogP contribution in [0.1, 0.15) is 34.7 Å². The van der Waals surface area contributed by atoms with Crippen LogP contribution in [0, 0.1) is 5.92 Å². The van der Waals surface area contributed by atoms with Gasteiger partial charge in [-0.3, -0.25) is 4.90 Å². The highest BCUT2D eigenvalue weighted by Gasteiger charge is 2.61. The number of fused-ring (bicyclic) bond motifs is 1. The molecule has 4 aliphatic carbocycles. The summed E-state index contributed by atoms with van der Waals surface area (Å²) in [7, 11) is 1.77. The van der Waals surface area contributed by atoms with Gasteiger partial charge in [0.15, 0.2) is 0 Å². The Hall–Kier alpha value is -7.08. The highest BCUT2D eigenvalue weighted by molar-refractivity contribution is 6.63. The van der Waals surface area contributed by atoms with Crippen molar-refractivity contribution in [1.29, 1.82) is 0 Å². The number of para-hydroxylation sites is 2. The number of methoxy groups -OCH3 is 1. The second-order valence-electron chi connectivity index (χ2n) is 21.9. The van der Waals surface area contributed by atoms with E-state index < -0.39 is 0 Å². The summed E-state index contributed by atoms with van der Waals surface area (Å²) in [4.78, 5) is 5.29. The predicted molar refractivity (Wildman–Crippen MR) is 281 cm³/mol. The zero-order chi connectivity index (χ0) is 43.4. The van der Waals surface area contributed by atoms with Crippen LogP contribution in [0.5, 0.6) is 0 Å². The van der Waals surface area contributed by atoms with Crippen molar-refractivity contribution < 1.29 is 9.47 Å². The molecule has 4 nitrogen and oxygen atoms in total. The fourth-order valence-electron chi connectivity index (χ4n) is 17.6. The minimum absolute atomic E-state index is 0.0601. The molecule has 15 aromatic rings. The van der Waals surface area contributed by atoms with E-state index >= 15 is 0 Å². The first-order valence-corrected chi connectivity index (χ1v) is 25.0. The summed E-state index contributed by atoms with van der Waals surface area (Å²) in [6.07, 6.45) is 3.22. The molecule has 1 heterocycles. The summed E-state index contributed by atoms with van der Waals surface area (Å²) < 4.78 is 11.9. The first-order valence-electron chi connectivity index (χ1n) is 25.0. The van der Waals surface area contributed by atoms with E-state index in [0.717, 1.165) is 32.4 Å². The summed E-state index contributed by atoms with van der Waals surface area (Å²) in [5.41, 5.74) is 13.1. The van der Waals surface area contributed by atoms with Gasteiger partial charge in [-0.15, -0.1) is 0 Å². The van der Waals surface area contributed by atoms with Crippen molar-refractivity contribution in [1.82, 2.24) is 4.90 Å². The van der Waals surface area contributed by atoms with Crippen molar-refractivity contribution in [2.24, 2.45) is 5.92 Å². The number of hydrogen-bond donors (Lipinski definition) is 0. The van der Waals surface area contributed by atoms with Crippen molar-refractivity contribution in [3.8, 4) is 0 Å². The highest BCUT2D eigenvalue weighted by atomic mass is 16.5. The lowest BCUT2D eigenvalue weighted by Gasteiger charge is -2.40. The monoisotopic (exact) mass is 868 g/mol. The molecule has 1 spiro atoms. The summed E-state index contributed by atoms with van der Waals surface area (Å²) in [5, 5.41) is 37.7. The van der Waals surface area contributed by atoms with Gasteiger partial charge in [0.05, 0.1) is 19.8 Å². The Labute approximate surface area is 388 Å². The van der Waals surface area contributed by atoms with Crippen LogP contribution in [0.3, 0.4) is 0 Å². The zero-order valence-electron chi connectivity index (χ0n) is 37.5. The van der Waals surface area contributed by atoms with Gasteiger partial charge in [-0.25, -0.2) is 0 Å². The minimum Gasteiger partial charge on any atom is -0.382 e.